The topological polar surface area (TPSA) is 61.0 Å². The Hall–Kier alpha value is -2.01. The van der Waals surface area contributed by atoms with Gasteiger partial charge in [0, 0.05) is 18.0 Å². The van der Waals surface area contributed by atoms with Gasteiger partial charge in [0.1, 0.15) is 17.4 Å². The van der Waals surface area contributed by atoms with E-state index in [0.29, 0.717) is 17.1 Å². The van der Waals surface area contributed by atoms with Crippen LogP contribution < -0.4 is 10.5 Å². The number of halogens is 1. The highest BCUT2D eigenvalue weighted by Gasteiger charge is 2.16. The molecule has 4 nitrogen and oxygen atoms in total. The van der Waals surface area contributed by atoms with Crippen LogP contribution in [0.2, 0.25) is 0 Å². The van der Waals surface area contributed by atoms with E-state index >= 15 is 0 Å². The fraction of sp³-hybridized carbons (Fsp3) is 0.167. The van der Waals surface area contributed by atoms with Crippen molar-refractivity contribution in [2.45, 2.75) is 6.04 Å². The summed E-state index contributed by atoms with van der Waals surface area (Å²) in [4.78, 5) is 8.09. The zero-order valence-electron chi connectivity index (χ0n) is 9.30. The number of aromatic nitrogens is 2. The Morgan fingerprint density at radius 2 is 2.00 bits per heavy atom. The monoisotopic (exact) mass is 233 g/mol. The fourth-order valence-corrected chi connectivity index (χ4v) is 1.56. The van der Waals surface area contributed by atoms with Gasteiger partial charge in [-0.1, -0.05) is 0 Å². The van der Waals surface area contributed by atoms with Crippen LogP contribution >= 0.6 is 0 Å². The summed E-state index contributed by atoms with van der Waals surface area (Å²) in [5, 5.41) is 0. The molecule has 0 saturated carbocycles. The molecule has 1 atom stereocenters. The highest BCUT2D eigenvalue weighted by molar-refractivity contribution is 5.38. The molecule has 0 amide bonds. The molecule has 88 valence electrons. The van der Waals surface area contributed by atoms with E-state index < -0.39 is 6.04 Å². The second-order valence-electron chi connectivity index (χ2n) is 3.47. The third-order valence-electron chi connectivity index (χ3n) is 2.39. The number of nitrogens with two attached hydrogens (primary N) is 1. The summed E-state index contributed by atoms with van der Waals surface area (Å²) in [5.41, 5.74) is 6.52. The lowest BCUT2D eigenvalue weighted by Gasteiger charge is -2.14. The molecular weight excluding hydrogens is 221 g/mol. The van der Waals surface area contributed by atoms with Gasteiger partial charge in [-0.2, -0.15) is 0 Å². The molecule has 1 aromatic carbocycles. The van der Waals surface area contributed by atoms with E-state index in [9.17, 15) is 4.39 Å². The average Bonchev–Trinajstić information content (AvgIpc) is 2.39. The Morgan fingerprint density at radius 3 is 2.65 bits per heavy atom. The molecule has 2 aromatic rings. The summed E-state index contributed by atoms with van der Waals surface area (Å²) in [6, 6.07) is 5.27. The first-order chi connectivity index (χ1) is 8.22. The summed E-state index contributed by atoms with van der Waals surface area (Å²) in [6.45, 7) is 0. The van der Waals surface area contributed by atoms with Crippen molar-refractivity contribution in [2.24, 2.45) is 5.73 Å². The second kappa shape index (κ2) is 4.88. The lowest BCUT2D eigenvalue weighted by molar-refractivity contribution is 0.405. The third kappa shape index (κ3) is 2.39. The van der Waals surface area contributed by atoms with Crippen molar-refractivity contribution in [2.75, 3.05) is 7.11 Å². The lowest BCUT2D eigenvalue weighted by atomic mass is 10.1. The maximum atomic E-state index is 13.2. The standard InChI is InChI=1S/C12H12FN3O/c1-17-10-4-3-8(13)7-9(10)11(14)12-15-5-2-6-16-12/h2-7,11H,14H2,1H3. The van der Waals surface area contributed by atoms with E-state index in [1.807, 2.05) is 0 Å². The number of rotatable bonds is 3. The van der Waals surface area contributed by atoms with Gasteiger partial charge in [-0.05, 0) is 24.3 Å². The van der Waals surface area contributed by atoms with Gasteiger partial charge >= 0.3 is 0 Å². The number of nitrogens with zero attached hydrogens (tertiary/aromatic N) is 2. The first-order valence-electron chi connectivity index (χ1n) is 5.08. The number of hydrogen-bond donors (Lipinski definition) is 1. The Labute approximate surface area is 98.3 Å². The Kier molecular flexibility index (Phi) is 3.30. The van der Waals surface area contributed by atoms with E-state index in [2.05, 4.69) is 9.97 Å². The minimum absolute atomic E-state index is 0.368. The summed E-state index contributed by atoms with van der Waals surface area (Å²) >= 11 is 0. The van der Waals surface area contributed by atoms with Gasteiger partial charge in [-0.25, -0.2) is 14.4 Å². The van der Waals surface area contributed by atoms with Crippen LogP contribution in [-0.2, 0) is 0 Å². The maximum absolute atomic E-state index is 13.2. The lowest BCUT2D eigenvalue weighted by Crippen LogP contribution is -2.16. The summed E-state index contributed by atoms with van der Waals surface area (Å²) in [7, 11) is 1.51. The molecule has 17 heavy (non-hydrogen) atoms. The van der Waals surface area contributed by atoms with Crippen LogP contribution in [0.15, 0.2) is 36.7 Å². The normalized spacial score (nSPS) is 12.2. The first-order valence-corrected chi connectivity index (χ1v) is 5.08. The highest BCUT2D eigenvalue weighted by Crippen LogP contribution is 2.27. The van der Waals surface area contributed by atoms with Gasteiger partial charge in [0.15, 0.2) is 0 Å². The second-order valence-corrected chi connectivity index (χ2v) is 3.47. The predicted octanol–water partition coefficient (Wildman–Crippen LogP) is 1.67. The van der Waals surface area contributed by atoms with Crippen molar-refractivity contribution in [1.82, 2.24) is 9.97 Å². The molecule has 0 bridgehead atoms. The molecule has 5 heteroatoms. The molecule has 0 aliphatic heterocycles. The van der Waals surface area contributed by atoms with Crippen molar-refractivity contribution in [3.63, 3.8) is 0 Å². The van der Waals surface area contributed by atoms with Crippen LogP contribution in [0, 0.1) is 5.82 Å². The van der Waals surface area contributed by atoms with Gasteiger partial charge in [0.05, 0.1) is 13.2 Å². The van der Waals surface area contributed by atoms with Gasteiger partial charge in [0.2, 0.25) is 0 Å². The Balaban J connectivity index is 2.43. The zero-order valence-corrected chi connectivity index (χ0v) is 9.30. The van der Waals surface area contributed by atoms with Gasteiger partial charge < -0.3 is 10.5 Å². The molecule has 0 aliphatic carbocycles. The average molecular weight is 233 g/mol. The van der Waals surface area contributed by atoms with Crippen LogP contribution in [0.25, 0.3) is 0 Å². The van der Waals surface area contributed by atoms with Crippen LogP contribution in [0.5, 0.6) is 5.75 Å². The largest absolute Gasteiger partial charge is 0.496 e. The van der Waals surface area contributed by atoms with Crippen LogP contribution in [0.1, 0.15) is 17.4 Å². The quantitative estimate of drug-likeness (QED) is 0.876. The number of methoxy groups -OCH3 is 1. The third-order valence-corrected chi connectivity index (χ3v) is 2.39. The molecule has 2 N–H and O–H groups in total. The summed E-state index contributed by atoms with van der Waals surface area (Å²) in [6.07, 6.45) is 3.18. The SMILES string of the molecule is COc1ccc(F)cc1C(N)c1ncccn1. The van der Waals surface area contributed by atoms with E-state index in [1.165, 1.54) is 25.3 Å². The number of hydrogen-bond acceptors (Lipinski definition) is 4. The van der Waals surface area contributed by atoms with Gasteiger partial charge in [-0.15, -0.1) is 0 Å². The predicted molar refractivity (Wildman–Crippen MR) is 61.0 cm³/mol. The molecular formula is C12H12FN3O. The van der Waals surface area contributed by atoms with Crippen LogP contribution in [0.4, 0.5) is 4.39 Å². The molecule has 0 radical (unpaired) electrons. The fourth-order valence-electron chi connectivity index (χ4n) is 1.56. The Morgan fingerprint density at radius 1 is 1.29 bits per heavy atom. The van der Waals surface area contributed by atoms with Crippen molar-refractivity contribution in [3.05, 3.63) is 53.9 Å². The maximum Gasteiger partial charge on any atom is 0.149 e. The van der Waals surface area contributed by atoms with Crippen molar-refractivity contribution < 1.29 is 9.13 Å². The van der Waals surface area contributed by atoms with Gasteiger partial charge in [-0.3, -0.25) is 0 Å². The summed E-state index contributed by atoms with van der Waals surface area (Å²) in [5.74, 6) is 0.579. The van der Waals surface area contributed by atoms with Crippen LogP contribution in [0.3, 0.4) is 0 Å². The molecule has 0 spiro atoms. The van der Waals surface area contributed by atoms with E-state index in [0.717, 1.165) is 0 Å². The van der Waals surface area contributed by atoms with E-state index in [-0.39, 0.29) is 5.82 Å². The smallest absolute Gasteiger partial charge is 0.149 e. The molecule has 0 saturated heterocycles. The number of ether oxygens (including phenoxy) is 1. The molecule has 1 aromatic heterocycles. The van der Waals surface area contributed by atoms with E-state index in [4.69, 9.17) is 10.5 Å². The molecule has 1 unspecified atom stereocenters. The molecule has 0 fully saturated rings. The highest BCUT2D eigenvalue weighted by atomic mass is 19.1. The van der Waals surface area contributed by atoms with Crippen molar-refractivity contribution in [1.29, 1.82) is 0 Å². The molecule has 2 rings (SSSR count). The minimum atomic E-state index is -0.609. The number of benzene rings is 1. The van der Waals surface area contributed by atoms with Crippen LogP contribution in [-0.4, -0.2) is 17.1 Å². The van der Waals surface area contributed by atoms with Crippen molar-refractivity contribution >= 4 is 0 Å². The molecule has 1 heterocycles. The first kappa shape index (κ1) is 11.5. The molecule has 0 aliphatic rings. The Bertz CT molecular complexity index is 504. The summed E-state index contributed by atoms with van der Waals surface area (Å²) < 4.78 is 18.3. The minimum Gasteiger partial charge on any atom is -0.496 e. The van der Waals surface area contributed by atoms with Crippen molar-refractivity contribution in [3.8, 4) is 5.75 Å². The van der Waals surface area contributed by atoms with E-state index in [1.54, 1.807) is 18.5 Å². The van der Waals surface area contributed by atoms with Gasteiger partial charge in [0.25, 0.3) is 0 Å². The zero-order chi connectivity index (χ0) is 12.3.